The average molecular weight is 559 g/mol. The number of fused-ring (bicyclic) bond motifs is 2. The summed E-state index contributed by atoms with van der Waals surface area (Å²) in [5.41, 5.74) is 0.903. The van der Waals surface area contributed by atoms with E-state index in [-0.39, 0.29) is 18.8 Å². The zero-order valence-corrected chi connectivity index (χ0v) is 22.3. The number of benzene rings is 2. The number of hydrogen-bond acceptors (Lipinski definition) is 9. The van der Waals surface area contributed by atoms with Crippen LogP contribution in [-0.2, 0) is 25.7 Å². The van der Waals surface area contributed by atoms with Crippen molar-refractivity contribution in [3.63, 3.8) is 0 Å². The van der Waals surface area contributed by atoms with Gasteiger partial charge in [-0.25, -0.2) is 9.29 Å². The van der Waals surface area contributed by atoms with E-state index in [1.54, 1.807) is 25.1 Å². The minimum Gasteiger partial charge on any atom is -0.493 e. The smallest absolute Gasteiger partial charge is 0.326 e. The number of esters is 1. The Morgan fingerprint density at radius 3 is 2.37 bits per heavy atom. The Labute approximate surface area is 225 Å². The molecule has 0 N–H and O–H groups in total. The van der Waals surface area contributed by atoms with Gasteiger partial charge in [-0.05, 0) is 48.9 Å². The Kier molecular flexibility index (Phi) is 7.01. The summed E-state index contributed by atoms with van der Waals surface area (Å²) in [6, 6.07) is 10.3. The van der Waals surface area contributed by atoms with Crippen LogP contribution in [0.2, 0.25) is 0 Å². The molecule has 2 aromatic carbocycles. The van der Waals surface area contributed by atoms with Crippen molar-refractivity contribution in [3.05, 3.63) is 68.4 Å². The first-order valence-electron chi connectivity index (χ1n) is 11.7. The fourth-order valence-corrected chi connectivity index (χ4v) is 7.61. The minimum atomic E-state index is -0.874. The van der Waals surface area contributed by atoms with E-state index >= 15 is 0 Å². The molecule has 2 aliphatic heterocycles. The predicted molar refractivity (Wildman–Crippen MR) is 139 cm³/mol. The molecule has 3 atom stereocenters. The number of rotatable bonds is 7. The van der Waals surface area contributed by atoms with Gasteiger partial charge in [0.05, 0.1) is 37.5 Å². The zero-order chi connectivity index (χ0) is 27.1. The van der Waals surface area contributed by atoms with Crippen LogP contribution < -0.4 is 19.2 Å². The molecule has 2 aliphatic rings. The Morgan fingerprint density at radius 1 is 1.00 bits per heavy atom. The van der Waals surface area contributed by atoms with Crippen molar-refractivity contribution in [2.75, 3.05) is 25.7 Å². The summed E-state index contributed by atoms with van der Waals surface area (Å²) in [5.74, 6) is -2.64. The van der Waals surface area contributed by atoms with Crippen molar-refractivity contribution in [1.29, 1.82) is 0 Å². The highest BCUT2D eigenvalue weighted by atomic mass is 32.2. The van der Waals surface area contributed by atoms with Crippen molar-refractivity contribution >= 4 is 46.6 Å². The molecular formula is C26H23FN2O7S2. The molecule has 1 aromatic heterocycles. The maximum Gasteiger partial charge on any atom is 0.326 e. The molecule has 198 valence electrons. The highest BCUT2D eigenvalue weighted by Gasteiger charge is 2.57. The van der Waals surface area contributed by atoms with E-state index < -0.39 is 45.6 Å². The molecule has 2 amide bonds. The van der Waals surface area contributed by atoms with Crippen LogP contribution in [0.15, 0.2) is 52.3 Å². The summed E-state index contributed by atoms with van der Waals surface area (Å²) in [6.07, 6.45) is 0. The zero-order valence-electron chi connectivity index (χ0n) is 20.6. The molecule has 38 heavy (non-hydrogen) atoms. The molecule has 0 spiro atoms. The fourth-order valence-electron chi connectivity index (χ4n) is 4.84. The van der Waals surface area contributed by atoms with Gasteiger partial charge < -0.3 is 14.2 Å². The Hall–Kier alpha value is -3.64. The first-order valence-corrected chi connectivity index (χ1v) is 13.4. The molecule has 1 fully saturated rings. The van der Waals surface area contributed by atoms with Gasteiger partial charge in [-0.2, -0.15) is 0 Å². The summed E-state index contributed by atoms with van der Waals surface area (Å²) in [4.78, 5) is 54.1. The van der Waals surface area contributed by atoms with Crippen LogP contribution in [0.5, 0.6) is 11.5 Å². The van der Waals surface area contributed by atoms with Crippen LogP contribution in [0.4, 0.5) is 10.1 Å². The van der Waals surface area contributed by atoms with E-state index in [4.69, 9.17) is 14.2 Å². The van der Waals surface area contributed by atoms with Crippen LogP contribution in [0.3, 0.4) is 0 Å². The van der Waals surface area contributed by atoms with Gasteiger partial charge in [0.15, 0.2) is 11.5 Å². The lowest BCUT2D eigenvalue weighted by Crippen LogP contribution is -2.32. The van der Waals surface area contributed by atoms with E-state index in [0.717, 1.165) is 28.0 Å². The quantitative estimate of drug-likeness (QED) is 0.321. The third kappa shape index (κ3) is 4.27. The molecule has 12 heteroatoms. The lowest BCUT2D eigenvalue weighted by atomic mass is 9.83. The first kappa shape index (κ1) is 26.0. The number of amides is 2. The largest absolute Gasteiger partial charge is 0.493 e. The molecule has 0 aliphatic carbocycles. The average Bonchev–Trinajstić information content (AvgIpc) is 3.35. The van der Waals surface area contributed by atoms with Gasteiger partial charge in [0.25, 0.3) is 0 Å². The number of carbonyl (C=O) groups is 3. The molecule has 3 heterocycles. The van der Waals surface area contributed by atoms with Crippen molar-refractivity contribution in [2.45, 2.75) is 29.7 Å². The van der Waals surface area contributed by atoms with Crippen molar-refractivity contribution in [2.24, 2.45) is 5.92 Å². The summed E-state index contributed by atoms with van der Waals surface area (Å²) in [7, 11) is 2.99. The number of thiazole rings is 1. The second-order valence-electron chi connectivity index (χ2n) is 8.57. The third-order valence-electron chi connectivity index (χ3n) is 6.49. The number of methoxy groups -OCH3 is 2. The number of carbonyl (C=O) groups excluding carboxylic acids is 3. The molecule has 0 radical (unpaired) electrons. The molecule has 9 nitrogen and oxygen atoms in total. The van der Waals surface area contributed by atoms with Gasteiger partial charge in [-0.15, -0.1) is 0 Å². The molecule has 0 bridgehead atoms. The molecular weight excluding hydrogens is 535 g/mol. The van der Waals surface area contributed by atoms with Crippen molar-refractivity contribution in [3.8, 4) is 11.5 Å². The summed E-state index contributed by atoms with van der Waals surface area (Å²) < 4.78 is 30.7. The van der Waals surface area contributed by atoms with E-state index in [9.17, 15) is 23.6 Å². The first-order chi connectivity index (χ1) is 18.3. The lowest BCUT2D eigenvalue weighted by molar-refractivity contribution is -0.144. The van der Waals surface area contributed by atoms with Crippen LogP contribution in [-0.4, -0.2) is 48.4 Å². The topological polar surface area (TPSA) is 104 Å². The lowest BCUT2D eigenvalue weighted by Gasteiger charge is -2.31. The van der Waals surface area contributed by atoms with E-state index in [0.29, 0.717) is 27.0 Å². The van der Waals surface area contributed by atoms with E-state index in [2.05, 4.69) is 0 Å². The van der Waals surface area contributed by atoms with E-state index in [1.807, 2.05) is 0 Å². The van der Waals surface area contributed by atoms with Gasteiger partial charge in [-0.3, -0.25) is 23.7 Å². The van der Waals surface area contributed by atoms with Crippen LogP contribution in [0.1, 0.15) is 23.3 Å². The maximum atomic E-state index is 13.8. The molecule has 0 saturated carbocycles. The van der Waals surface area contributed by atoms with Gasteiger partial charge in [-0.1, -0.05) is 29.2 Å². The minimum absolute atomic E-state index is 0.158. The standard InChI is InChI=1S/C26H23FN2O7S2/c1-4-36-18(30)12-28-25-22(38-26(28)33)19(13-5-10-16(34-2)17(11-13)35-3)20-21(37-25)24(32)29(23(20)31)15-8-6-14(27)7-9-15/h5-11,19-21H,4,12H2,1-3H3/t19-,20?,21?/m1/s1. The predicted octanol–water partition coefficient (Wildman–Crippen LogP) is 3.43. The fraction of sp³-hybridized carbons (Fsp3) is 0.308. The Bertz CT molecular complexity index is 1480. The Balaban J connectivity index is 1.67. The van der Waals surface area contributed by atoms with Gasteiger partial charge in [0.1, 0.15) is 17.6 Å². The van der Waals surface area contributed by atoms with Crippen molar-refractivity contribution in [1.82, 2.24) is 4.57 Å². The normalized spacial score (nSPS) is 20.2. The number of imide groups is 1. The van der Waals surface area contributed by atoms with E-state index in [1.165, 1.54) is 43.1 Å². The van der Waals surface area contributed by atoms with Crippen molar-refractivity contribution < 1.29 is 33.0 Å². The number of thioether (sulfide) groups is 1. The second kappa shape index (κ2) is 10.3. The van der Waals surface area contributed by atoms with Crippen LogP contribution in [0.25, 0.3) is 0 Å². The molecule has 3 aromatic rings. The number of aromatic nitrogens is 1. The summed E-state index contributed by atoms with van der Waals surface area (Å²) >= 11 is 2.02. The molecule has 1 saturated heterocycles. The number of anilines is 1. The second-order valence-corrected chi connectivity index (χ2v) is 10.7. The highest BCUT2D eigenvalue weighted by molar-refractivity contribution is 8.00. The molecule has 2 unspecified atom stereocenters. The number of hydrogen-bond donors (Lipinski definition) is 0. The third-order valence-corrected chi connectivity index (χ3v) is 9.10. The van der Waals surface area contributed by atoms with Crippen LogP contribution >= 0.6 is 23.1 Å². The van der Waals surface area contributed by atoms with Gasteiger partial charge in [0.2, 0.25) is 11.8 Å². The number of ether oxygens (including phenoxy) is 3. The number of halogens is 1. The monoisotopic (exact) mass is 558 g/mol. The summed E-state index contributed by atoms with van der Waals surface area (Å²) in [6.45, 7) is 1.51. The number of nitrogens with zero attached hydrogens (tertiary/aromatic N) is 2. The SMILES string of the molecule is CCOC(=O)Cn1c2c(sc1=O)[C@H](c1ccc(OC)c(OC)c1)C1C(=O)N(c3ccc(F)cc3)C(=O)C1S2. The van der Waals surface area contributed by atoms with Gasteiger partial charge in [0, 0.05) is 10.8 Å². The van der Waals surface area contributed by atoms with Crippen LogP contribution in [0, 0.1) is 11.7 Å². The summed E-state index contributed by atoms with van der Waals surface area (Å²) in [5, 5.41) is -0.434. The maximum absolute atomic E-state index is 13.8. The highest BCUT2D eigenvalue weighted by Crippen LogP contribution is 2.54. The van der Waals surface area contributed by atoms with Gasteiger partial charge >= 0.3 is 10.8 Å². The molecule has 5 rings (SSSR count). The Morgan fingerprint density at radius 2 is 1.71 bits per heavy atom.